The van der Waals surface area contributed by atoms with E-state index >= 15 is 0 Å². The Morgan fingerprint density at radius 3 is 2.54 bits per heavy atom. The molecule has 0 bridgehead atoms. The molecule has 0 aliphatic carbocycles. The molecule has 1 saturated heterocycles. The second-order valence-corrected chi connectivity index (χ2v) is 5.92. The Morgan fingerprint density at radius 1 is 0.958 bits per heavy atom. The monoisotopic (exact) mass is 321 g/mol. The number of benzene rings is 1. The van der Waals surface area contributed by atoms with Crippen molar-refractivity contribution in [3.63, 3.8) is 0 Å². The standard InChI is InChI=1S/C18H19N5O/c24-18(13-23-14-20-15-5-1-2-6-16(15)23)22-11-9-21(10-12-22)17-7-3-4-8-19-17/h1-8,14H,9-13H2. The highest BCUT2D eigenvalue weighted by Crippen LogP contribution is 2.15. The van der Waals surface area contributed by atoms with E-state index < -0.39 is 0 Å². The second kappa shape index (κ2) is 6.31. The van der Waals surface area contributed by atoms with Crippen molar-refractivity contribution < 1.29 is 4.79 Å². The summed E-state index contributed by atoms with van der Waals surface area (Å²) in [5.74, 6) is 1.11. The molecule has 0 radical (unpaired) electrons. The van der Waals surface area contributed by atoms with Gasteiger partial charge in [-0.2, -0.15) is 0 Å². The van der Waals surface area contributed by atoms with Crippen LogP contribution in [0.5, 0.6) is 0 Å². The van der Waals surface area contributed by atoms with Crippen LogP contribution in [0.2, 0.25) is 0 Å². The van der Waals surface area contributed by atoms with Crippen molar-refractivity contribution in [2.24, 2.45) is 0 Å². The quantitative estimate of drug-likeness (QED) is 0.738. The summed E-state index contributed by atoms with van der Waals surface area (Å²) in [5, 5.41) is 0. The first-order chi connectivity index (χ1) is 11.8. The maximum absolute atomic E-state index is 12.6. The molecule has 6 nitrogen and oxygen atoms in total. The van der Waals surface area contributed by atoms with Crippen LogP contribution in [0.1, 0.15) is 0 Å². The van der Waals surface area contributed by atoms with Gasteiger partial charge in [-0.15, -0.1) is 0 Å². The minimum atomic E-state index is 0.138. The molecule has 1 amide bonds. The molecule has 4 rings (SSSR count). The highest BCUT2D eigenvalue weighted by molar-refractivity contribution is 5.80. The zero-order chi connectivity index (χ0) is 16.4. The van der Waals surface area contributed by atoms with Gasteiger partial charge in [-0.1, -0.05) is 18.2 Å². The summed E-state index contributed by atoms with van der Waals surface area (Å²) in [6.45, 7) is 3.41. The molecule has 1 aliphatic heterocycles. The molecule has 3 heterocycles. The number of nitrogens with zero attached hydrogens (tertiary/aromatic N) is 5. The Kier molecular flexibility index (Phi) is 3.86. The van der Waals surface area contributed by atoms with E-state index in [1.807, 2.05) is 51.9 Å². The van der Waals surface area contributed by atoms with E-state index in [0.717, 1.165) is 43.0 Å². The largest absolute Gasteiger partial charge is 0.353 e. The molecule has 1 aliphatic rings. The fourth-order valence-electron chi connectivity index (χ4n) is 3.11. The van der Waals surface area contributed by atoms with Crippen molar-refractivity contribution >= 4 is 22.8 Å². The number of rotatable bonds is 3. The van der Waals surface area contributed by atoms with Crippen LogP contribution in [0.15, 0.2) is 55.0 Å². The summed E-state index contributed by atoms with van der Waals surface area (Å²) < 4.78 is 1.92. The van der Waals surface area contributed by atoms with Crippen LogP contribution >= 0.6 is 0 Å². The van der Waals surface area contributed by atoms with Crippen molar-refractivity contribution in [2.45, 2.75) is 6.54 Å². The molecule has 1 fully saturated rings. The van der Waals surface area contributed by atoms with Gasteiger partial charge < -0.3 is 14.4 Å². The van der Waals surface area contributed by atoms with Crippen LogP contribution in [0.25, 0.3) is 11.0 Å². The van der Waals surface area contributed by atoms with Crippen molar-refractivity contribution in [2.75, 3.05) is 31.1 Å². The maximum atomic E-state index is 12.6. The number of carbonyl (C=O) groups is 1. The van der Waals surface area contributed by atoms with Gasteiger partial charge in [0.1, 0.15) is 12.4 Å². The van der Waals surface area contributed by atoms with E-state index in [-0.39, 0.29) is 5.91 Å². The van der Waals surface area contributed by atoms with Gasteiger partial charge in [-0.25, -0.2) is 9.97 Å². The van der Waals surface area contributed by atoms with Gasteiger partial charge >= 0.3 is 0 Å². The van der Waals surface area contributed by atoms with E-state index in [0.29, 0.717) is 6.54 Å². The number of anilines is 1. The lowest BCUT2D eigenvalue weighted by molar-refractivity contribution is -0.132. The average Bonchev–Trinajstić information content (AvgIpc) is 3.06. The molecular formula is C18H19N5O. The Hall–Kier alpha value is -2.89. The Balaban J connectivity index is 1.40. The molecule has 122 valence electrons. The zero-order valence-electron chi connectivity index (χ0n) is 13.4. The van der Waals surface area contributed by atoms with Crippen LogP contribution in [-0.4, -0.2) is 51.5 Å². The number of para-hydroxylation sites is 2. The average molecular weight is 321 g/mol. The molecule has 0 unspecified atom stereocenters. The van der Waals surface area contributed by atoms with E-state index in [4.69, 9.17) is 0 Å². The highest BCUT2D eigenvalue weighted by Gasteiger charge is 2.22. The summed E-state index contributed by atoms with van der Waals surface area (Å²) in [7, 11) is 0. The van der Waals surface area contributed by atoms with Crippen LogP contribution < -0.4 is 4.90 Å². The number of imidazole rings is 1. The summed E-state index contributed by atoms with van der Waals surface area (Å²) in [6, 6.07) is 13.8. The second-order valence-electron chi connectivity index (χ2n) is 5.92. The van der Waals surface area contributed by atoms with Crippen molar-refractivity contribution in [3.05, 3.63) is 55.0 Å². The minimum absolute atomic E-state index is 0.138. The van der Waals surface area contributed by atoms with Crippen LogP contribution in [-0.2, 0) is 11.3 Å². The van der Waals surface area contributed by atoms with Crippen LogP contribution in [0, 0.1) is 0 Å². The minimum Gasteiger partial charge on any atom is -0.353 e. The predicted octanol–water partition coefficient (Wildman–Crippen LogP) is 1.78. The van der Waals surface area contributed by atoms with E-state index in [9.17, 15) is 4.79 Å². The molecular weight excluding hydrogens is 302 g/mol. The fraction of sp³-hybridized carbons (Fsp3) is 0.278. The number of fused-ring (bicyclic) bond motifs is 1. The number of hydrogen-bond acceptors (Lipinski definition) is 4. The molecule has 0 atom stereocenters. The van der Waals surface area contributed by atoms with Crippen molar-refractivity contribution in [1.29, 1.82) is 0 Å². The number of aromatic nitrogens is 3. The topological polar surface area (TPSA) is 54.3 Å². The van der Waals surface area contributed by atoms with Crippen molar-refractivity contribution in [3.8, 4) is 0 Å². The lowest BCUT2D eigenvalue weighted by Gasteiger charge is -2.35. The van der Waals surface area contributed by atoms with E-state index in [2.05, 4.69) is 14.9 Å². The third-order valence-corrected chi connectivity index (χ3v) is 4.44. The third kappa shape index (κ3) is 2.82. The summed E-state index contributed by atoms with van der Waals surface area (Å²) >= 11 is 0. The molecule has 3 aromatic rings. The van der Waals surface area contributed by atoms with Crippen LogP contribution in [0.3, 0.4) is 0 Å². The van der Waals surface area contributed by atoms with Gasteiger partial charge in [0.2, 0.25) is 5.91 Å². The van der Waals surface area contributed by atoms with Crippen molar-refractivity contribution in [1.82, 2.24) is 19.4 Å². The smallest absolute Gasteiger partial charge is 0.242 e. The summed E-state index contributed by atoms with van der Waals surface area (Å²) in [4.78, 5) is 25.5. The van der Waals surface area contributed by atoms with Gasteiger partial charge in [-0.05, 0) is 24.3 Å². The van der Waals surface area contributed by atoms with Gasteiger partial charge in [0.25, 0.3) is 0 Å². The van der Waals surface area contributed by atoms with Gasteiger partial charge in [0, 0.05) is 32.4 Å². The van der Waals surface area contributed by atoms with E-state index in [1.54, 1.807) is 12.5 Å². The first-order valence-electron chi connectivity index (χ1n) is 8.15. The zero-order valence-corrected chi connectivity index (χ0v) is 13.4. The Morgan fingerprint density at radius 2 is 1.75 bits per heavy atom. The molecule has 0 spiro atoms. The molecule has 6 heteroatoms. The van der Waals surface area contributed by atoms with Gasteiger partial charge in [0.15, 0.2) is 0 Å². The first-order valence-corrected chi connectivity index (χ1v) is 8.15. The number of amides is 1. The molecule has 0 N–H and O–H groups in total. The number of pyridine rings is 1. The SMILES string of the molecule is O=C(Cn1cnc2ccccc21)N1CCN(c2ccccn2)CC1. The lowest BCUT2D eigenvalue weighted by atomic mass is 10.3. The fourth-order valence-corrected chi connectivity index (χ4v) is 3.11. The summed E-state index contributed by atoms with van der Waals surface area (Å²) in [6.07, 6.45) is 3.55. The van der Waals surface area contributed by atoms with E-state index in [1.165, 1.54) is 0 Å². The Bertz CT molecular complexity index is 837. The van der Waals surface area contributed by atoms with Gasteiger partial charge in [-0.3, -0.25) is 4.79 Å². The highest BCUT2D eigenvalue weighted by atomic mass is 16.2. The van der Waals surface area contributed by atoms with Crippen LogP contribution in [0.4, 0.5) is 5.82 Å². The number of carbonyl (C=O) groups excluding carboxylic acids is 1. The molecule has 1 aromatic carbocycles. The molecule has 24 heavy (non-hydrogen) atoms. The van der Waals surface area contributed by atoms with Gasteiger partial charge in [0.05, 0.1) is 17.4 Å². The third-order valence-electron chi connectivity index (χ3n) is 4.44. The summed E-state index contributed by atoms with van der Waals surface area (Å²) in [5.41, 5.74) is 1.92. The predicted molar refractivity (Wildman–Crippen MR) is 92.8 cm³/mol. The normalized spacial score (nSPS) is 15.0. The molecule has 0 saturated carbocycles. The molecule has 2 aromatic heterocycles. The number of hydrogen-bond donors (Lipinski definition) is 0. The maximum Gasteiger partial charge on any atom is 0.242 e. The first kappa shape index (κ1) is 14.7. The number of piperazine rings is 1. The Labute approximate surface area is 140 Å². The lowest BCUT2D eigenvalue weighted by Crippen LogP contribution is -2.49.